The number of anilines is 1. The maximum atomic E-state index is 12.6. The molecule has 1 aliphatic heterocycles. The van der Waals surface area contributed by atoms with Crippen molar-refractivity contribution in [1.82, 2.24) is 9.78 Å². The van der Waals surface area contributed by atoms with Crippen LogP contribution >= 0.6 is 15.9 Å². The second kappa shape index (κ2) is 7.46. The van der Waals surface area contributed by atoms with Gasteiger partial charge in [-0.15, -0.1) is 5.10 Å². The molecule has 0 unspecified atom stereocenters. The summed E-state index contributed by atoms with van der Waals surface area (Å²) in [6.07, 6.45) is 0. The zero-order valence-corrected chi connectivity index (χ0v) is 17.7. The highest BCUT2D eigenvalue weighted by Crippen LogP contribution is 2.28. The van der Waals surface area contributed by atoms with Gasteiger partial charge < -0.3 is 4.74 Å². The molecule has 0 spiro atoms. The van der Waals surface area contributed by atoms with Crippen LogP contribution in [0.4, 0.5) is 5.82 Å². The van der Waals surface area contributed by atoms with Crippen LogP contribution in [0, 0.1) is 0 Å². The van der Waals surface area contributed by atoms with Gasteiger partial charge in [0.2, 0.25) is 0 Å². The Hall–Kier alpha value is -1.77. The van der Waals surface area contributed by atoms with Gasteiger partial charge in [-0.1, -0.05) is 35.6 Å². The van der Waals surface area contributed by atoms with Crippen LogP contribution in [0.1, 0.15) is 15.9 Å². The van der Waals surface area contributed by atoms with Gasteiger partial charge in [0.15, 0.2) is 5.82 Å². The Balaban J connectivity index is 1.74. The van der Waals surface area contributed by atoms with E-state index in [2.05, 4.69) is 40.7 Å². The highest BCUT2D eigenvalue weighted by Gasteiger charge is 2.29. The fraction of sp³-hybridized carbons (Fsp3) is 0.389. The van der Waals surface area contributed by atoms with Crippen molar-refractivity contribution in [3.8, 4) is 0 Å². The number of fused-ring (bicyclic) bond motifs is 1. The van der Waals surface area contributed by atoms with Crippen molar-refractivity contribution < 1.29 is 9.53 Å². The molecule has 138 valence electrons. The van der Waals surface area contributed by atoms with Gasteiger partial charge >= 0.3 is 0 Å². The first-order valence-corrected chi connectivity index (χ1v) is 13.0. The summed E-state index contributed by atoms with van der Waals surface area (Å²) in [5.74, 6) is 0.348. The van der Waals surface area contributed by atoms with Crippen LogP contribution in [0.2, 0.25) is 25.7 Å². The topological polar surface area (TPSA) is 64.4 Å². The molecule has 0 N–H and O–H groups in total. The number of ether oxygens (including phenoxy) is 1. The molecule has 26 heavy (non-hydrogen) atoms. The molecule has 0 bridgehead atoms. The highest BCUT2D eigenvalue weighted by atomic mass is 79.9. The summed E-state index contributed by atoms with van der Waals surface area (Å²) in [5, 5.41) is 4.33. The summed E-state index contributed by atoms with van der Waals surface area (Å²) >= 11 is 3.43. The predicted octanol–water partition coefficient (Wildman–Crippen LogP) is 3.48. The fourth-order valence-corrected chi connectivity index (χ4v) is 3.84. The second-order valence-electron chi connectivity index (χ2n) is 7.57. The van der Waals surface area contributed by atoms with Crippen LogP contribution < -0.4 is 10.5 Å². The number of hydrogen-bond acceptors (Lipinski definition) is 4. The van der Waals surface area contributed by atoms with E-state index < -0.39 is 8.07 Å². The van der Waals surface area contributed by atoms with Crippen molar-refractivity contribution in [1.29, 1.82) is 0 Å². The quantitative estimate of drug-likeness (QED) is 0.514. The van der Waals surface area contributed by atoms with Crippen molar-refractivity contribution in [3.63, 3.8) is 0 Å². The first-order valence-electron chi connectivity index (χ1n) is 8.51. The van der Waals surface area contributed by atoms with Crippen molar-refractivity contribution >= 4 is 35.7 Å². The average Bonchev–Trinajstić information content (AvgIpc) is 2.88. The normalized spacial score (nSPS) is 14.0. The molecular formula is C18H22BrN3O3Si. The van der Waals surface area contributed by atoms with Crippen molar-refractivity contribution in [2.75, 3.05) is 11.5 Å². The Morgan fingerprint density at radius 3 is 2.69 bits per heavy atom. The summed E-state index contributed by atoms with van der Waals surface area (Å²) in [7, 11) is -1.18. The minimum Gasteiger partial charge on any atom is -0.359 e. The van der Waals surface area contributed by atoms with E-state index in [-0.39, 0.29) is 18.2 Å². The molecule has 6 nitrogen and oxygen atoms in total. The number of nitrogens with zero attached hydrogens (tertiary/aromatic N) is 3. The van der Waals surface area contributed by atoms with Crippen LogP contribution in [0.25, 0.3) is 0 Å². The molecule has 8 heteroatoms. The number of aromatic nitrogens is 2. The van der Waals surface area contributed by atoms with Gasteiger partial charge in [-0.05, 0) is 35.9 Å². The zero-order chi connectivity index (χ0) is 18.9. The molecule has 0 aliphatic carbocycles. The molecule has 0 saturated carbocycles. The monoisotopic (exact) mass is 435 g/mol. The molecule has 2 aromatic rings. The molecule has 3 rings (SSSR count). The number of hydrogen-bond donors (Lipinski definition) is 0. The Bertz CT molecular complexity index is 892. The maximum absolute atomic E-state index is 12.6. The van der Waals surface area contributed by atoms with Gasteiger partial charge in [-0.2, -0.15) is 0 Å². The third kappa shape index (κ3) is 4.31. The minimum atomic E-state index is -1.18. The van der Waals surface area contributed by atoms with E-state index in [0.29, 0.717) is 24.5 Å². The molecule has 1 aromatic heterocycles. The van der Waals surface area contributed by atoms with Gasteiger partial charge in [-0.3, -0.25) is 14.5 Å². The van der Waals surface area contributed by atoms with Gasteiger partial charge in [-0.25, -0.2) is 4.68 Å². The number of amides is 1. The summed E-state index contributed by atoms with van der Waals surface area (Å²) in [6, 6.07) is 9.62. The van der Waals surface area contributed by atoms with Crippen molar-refractivity contribution in [2.24, 2.45) is 0 Å². The molecule has 1 aliphatic rings. The van der Waals surface area contributed by atoms with E-state index >= 15 is 0 Å². The Labute approximate surface area is 161 Å². The lowest BCUT2D eigenvalue weighted by atomic mass is 10.1. The van der Waals surface area contributed by atoms with Crippen LogP contribution in [0.3, 0.4) is 0 Å². The molecule has 1 aromatic carbocycles. The first-order chi connectivity index (χ1) is 12.2. The van der Waals surface area contributed by atoms with Gasteiger partial charge in [0.1, 0.15) is 6.73 Å². The number of rotatable bonds is 6. The van der Waals surface area contributed by atoms with E-state index in [0.717, 1.165) is 16.1 Å². The lowest BCUT2D eigenvalue weighted by molar-refractivity contribution is 0.0749. The van der Waals surface area contributed by atoms with Crippen LogP contribution in [-0.4, -0.2) is 30.4 Å². The SMILES string of the molecule is C[Si](C)(C)CCOCn1nc(N2Cc3cc(Br)ccc3C2=O)ccc1=O. The molecule has 0 radical (unpaired) electrons. The van der Waals surface area contributed by atoms with E-state index in [4.69, 9.17) is 4.74 Å². The molecule has 0 fully saturated rings. The summed E-state index contributed by atoms with van der Waals surface area (Å²) in [5.41, 5.74) is 1.36. The zero-order valence-electron chi connectivity index (χ0n) is 15.2. The van der Waals surface area contributed by atoms with E-state index in [9.17, 15) is 9.59 Å². The average molecular weight is 436 g/mol. The van der Waals surface area contributed by atoms with Gasteiger partial charge in [0.05, 0.1) is 6.54 Å². The van der Waals surface area contributed by atoms with Crippen LogP contribution in [0.5, 0.6) is 0 Å². The van der Waals surface area contributed by atoms with E-state index in [1.807, 2.05) is 12.1 Å². The Morgan fingerprint density at radius 2 is 1.96 bits per heavy atom. The van der Waals surface area contributed by atoms with E-state index in [1.165, 1.54) is 10.7 Å². The molecule has 0 atom stereocenters. The molecular weight excluding hydrogens is 414 g/mol. The third-order valence-electron chi connectivity index (χ3n) is 4.21. The fourth-order valence-electron chi connectivity index (χ4n) is 2.68. The highest BCUT2D eigenvalue weighted by molar-refractivity contribution is 9.10. The lowest BCUT2D eigenvalue weighted by Crippen LogP contribution is -2.30. The minimum absolute atomic E-state index is 0.0949. The number of carbonyl (C=O) groups excluding carboxylic acids is 1. The van der Waals surface area contributed by atoms with Crippen molar-refractivity contribution in [3.05, 3.63) is 56.3 Å². The number of benzene rings is 1. The maximum Gasteiger partial charge on any atom is 0.269 e. The molecule has 2 heterocycles. The number of carbonyl (C=O) groups is 1. The summed E-state index contributed by atoms with van der Waals surface area (Å²) in [6.45, 7) is 7.96. The second-order valence-corrected chi connectivity index (χ2v) is 14.1. The standard InChI is InChI=1S/C18H22BrN3O3Si/c1-26(2,3)9-8-25-12-22-17(23)7-6-16(20-22)21-11-13-10-14(19)4-5-15(13)18(21)24/h4-7,10H,8-9,11-12H2,1-3H3. The van der Waals surface area contributed by atoms with Gasteiger partial charge in [0, 0.05) is 30.8 Å². The first kappa shape index (κ1) is 19.0. The van der Waals surface area contributed by atoms with Crippen LogP contribution in [-0.2, 0) is 18.0 Å². The van der Waals surface area contributed by atoms with Gasteiger partial charge in [0.25, 0.3) is 11.5 Å². The number of halogens is 1. The Kier molecular flexibility index (Phi) is 5.45. The molecule has 1 amide bonds. The van der Waals surface area contributed by atoms with Crippen molar-refractivity contribution in [2.45, 2.75) is 39.0 Å². The summed E-state index contributed by atoms with van der Waals surface area (Å²) in [4.78, 5) is 26.3. The Morgan fingerprint density at radius 1 is 1.19 bits per heavy atom. The lowest BCUT2D eigenvalue weighted by Gasteiger charge is -2.17. The molecule has 0 saturated heterocycles. The summed E-state index contributed by atoms with van der Waals surface area (Å²) < 4.78 is 7.82. The predicted molar refractivity (Wildman–Crippen MR) is 107 cm³/mol. The smallest absolute Gasteiger partial charge is 0.269 e. The van der Waals surface area contributed by atoms with E-state index in [1.54, 1.807) is 17.0 Å². The largest absolute Gasteiger partial charge is 0.359 e. The van der Waals surface area contributed by atoms with Crippen LogP contribution in [0.15, 0.2) is 39.6 Å². The third-order valence-corrected chi connectivity index (χ3v) is 6.41.